The fraction of sp³-hybridized carbons (Fsp3) is 0.400. The van der Waals surface area contributed by atoms with Crippen molar-refractivity contribution in [1.29, 1.82) is 0 Å². The molecule has 2 heterocycles. The molecule has 156 valence electrons. The molecule has 4 rings (SSSR count). The lowest BCUT2D eigenvalue weighted by atomic mass is 10.0. The van der Waals surface area contributed by atoms with Gasteiger partial charge in [0.15, 0.2) is 11.5 Å². The number of benzene rings is 2. The van der Waals surface area contributed by atoms with Crippen LogP contribution in [0.15, 0.2) is 47.4 Å². The van der Waals surface area contributed by atoms with Crippen LogP contribution < -0.4 is 9.47 Å². The normalized spacial score (nSPS) is 20.4. The van der Waals surface area contributed by atoms with Gasteiger partial charge in [-0.15, -0.1) is 0 Å². The molecule has 1 atom stereocenters. The SMILES string of the molecule is O=S(=O)(c1ccc(C(F)(F)F)cc1)N1CCC[C@@H]1c1ccc2c(c1)OCCCO2. The molecular weight excluding hydrogens is 407 g/mol. The molecule has 29 heavy (non-hydrogen) atoms. The molecule has 0 spiro atoms. The van der Waals surface area contributed by atoms with Gasteiger partial charge in [-0.2, -0.15) is 17.5 Å². The predicted molar refractivity (Wildman–Crippen MR) is 99.4 cm³/mol. The van der Waals surface area contributed by atoms with Crippen LogP contribution in [0.25, 0.3) is 0 Å². The zero-order valence-electron chi connectivity index (χ0n) is 15.5. The third-order valence-corrected chi connectivity index (χ3v) is 7.07. The first-order valence-electron chi connectivity index (χ1n) is 9.35. The molecule has 1 fully saturated rings. The van der Waals surface area contributed by atoms with Gasteiger partial charge >= 0.3 is 6.18 Å². The van der Waals surface area contributed by atoms with Crippen LogP contribution in [0, 0.1) is 0 Å². The molecule has 9 heteroatoms. The second-order valence-electron chi connectivity index (χ2n) is 7.05. The average molecular weight is 427 g/mol. The minimum absolute atomic E-state index is 0.147. The van der Waals surface area contributed by atoms with Crippen molar-refractivity contribution in [2.24, 2.45) is 0 Å². The second-order valence-corrected chi connectivity index (χ2v) is 8.94. The van der Waals surface area contributed by atoms with Gasteiger partial charge in [-0.3, -0.25) is 0 Å². The van der Waals surface area contributed by atoms with E-state index in [-0.39, 0.29) is 4.90 Å². The van der Waals surface area contributed by atoms with Crippen LogP contribution in [0.4, 0.5) is 13.2 Å². The predicted octanol–water partition coefficient (Wildman–Crippen LogP) is 4.39. The molecule has 2 aliphatic heterocycles. The molecule has 0 amide bonds. The highest BCUT2D eigenvalue weighted by molar-refractivity contribution is 7.89. The number of alkyl halides is 3. The van der Waals surface area contributed by atoms with E-state index in [0.29, 0.717) is 44.1 Å². The van der Waals surface area contributed by atoms with Crippen molar-refractivity contribution in [3.63, 3.8) is 0 Å². The zero-order valence-corrected chi connectivity index (χ0v) is 16.3. The van der Waals surface area contributed by atoms with E-state index in [9.17, 15) is 21.6 Å². The van der Waals surface area contributed by atoms with Crippen LogP contribution in [-0.2, 0) is 16.2 Å². The van der Waals surface area contributed by atoms with Gasteiger partial charge in [0, 0.05) is 13.0 Å². The molecule has 0 bridgehead atoms. The Balaban J connectivity index is 1.63. The Morgan fingerprint density at radius 1 is 0.931 bits per heavy atom. The van der Waals surface area contributed by atoms with Crippen LogP contribution in [0.5, 0.6) is 11.5 Å². The Morgan fingerprint density at radius 3 is 2.31 bits per heavy atom. The Labute approximate surface area is 167 Å². The maximum atomic E-state index is 13.1. The van der Waals surface area contributed by atoms with Crippen molar-refractivity contribution in [2.75, 3.05) is 19.8 Å². The summed E-state index contributed by atoms with van der Waals surface area (Å²) >= 11 is 0. The highest BCUT2D eigenvalue weighted by Crippen LogP contribution is 2.40. The van der Waals surface area contributed by atoms with Crippen molar-refractivity contribution in [3.8, 4) is 11.5 Å². The summed E-state index contributed by atoms with van der Waals surface area (Å²) in [4.78, 5) is -0.147. The number of rotatable bonds is 3. The number of sulfonamides is 1. The standard InChI is InChI=1S/C20H20F3NO4S/c21-20(22,23)15-5-7-16(8-6-15)29(25,26)24-10-1-3-17(24)14-4-9-18-19(13-14)28-12-2-11-27-18/h4-9,13,17H,1-3,10-12H2/t17-/m1/s1. The van der Waals surface area contributed by atoms with Crippen molar-refractivity contribution in [3.05, 3.63) is 53.6 Å². The van der Waals surface area contributed by atoms with E-state index in [2.05, 4.69) is 0 Å². The van der Waals surface area contributed by atoms with E-state index in [1.54, 1.807) is 12.1 Å². The van der Waals surface area contributed by atoms with Crippen molar-refractivity contribution < 1.29 is 31.1 Å². The largest absolute Gasteiger partial charge is 0.490 e. The van der Waals surface area contributed by atoms with Crippen molar-refractivity contribution in [2.45, 2.75) is 36.4 Å². The molecule has 2 aromatic carbocycles. The molecule has 0 aliphatic carbocycles. The van der Waals surface area contributed by atoms with E-state index in [4.69, 9.17) is 9.47 Å². The van der Waals surface area contributed by atoms with Crippen LogP contribution in [0.1, 0.15) is 36.4 Å². The summed E-state index contributed by atoms with van der Waals surface area (Å²) < 4.78 is 77.3. The Morgan fingerprint density at radius 2 is 1.62 bits per heavy atom. The van der Waals surface area contributed by atoms with Gasteiger partial charge in [-0.05, 0) is 54.8 Å². The molecule has 0 aromatic heterocycles. The third kappa shape index (κ3) is 3.93. The van der Waals surface area contributed by atoms with E-state index in [1.165, 1.54) is 4.31 Å². The fourth-order valence-corrected chi connectivity index (χ4v) is 5.38. The Kier molecular flexibility index (Phi) is 5.20. The number of halogens is 3. The molecule has 2 aromatic rings. The summed E-state index contributed by atoms with van der Waals surface area (Å²) in [6.45, 7) is 1.39. The molecule has 0 saturated carbocycles. The zero-order chi connectivity index (χ0) is 20.6. The number of fused-ring (bicyclic) bond motifs is 1. The Bertz CT molecular complexity index is 990. The smallest absolute Gasteiger partial charge is 0.416 e. The first-order chi connectivity index (χ1) is 13.8. The van der Waals surface area contributed by atoms with E-state index in [1.807, 2.05) is 6.07 Å². The summed E-state index contributed by atoms with van der Waals surface area (Å²) in [5.41, 5.74) is -0.0976. The summed E-state index contributed by atoms with van der Waals surface area (Å²) in [6, 6.07) is 8.61. The lowest BCUT2D eigenvalue weighted by Gasteiger charge is -2.25. The topological polar surface area (TPSA) is 55.8 Å². The van der Waals surface area contributed by atoms with Crippen molar-refractivity contribution >= 4 is 10.0 Å². The minimum Gasteiger partial charge on any atom is -0.490 e. The first-order valence-corrected chi connectivity index (χ1v) is 10.8. The first kappa shape index (κ1) is 20.0. The number of ether oxygens (including phenoxy) is 2. The van der Waals surface area contributed by atoms with Gasteiger partial charge in [0.2, 0.25) is 10.0 Å². The Hall–Kier alpha value is -2.26. The quantitative estimate of drug-likeness (QED) is 0.729. The van der Waals surface area contributed by atoms with Gasteiger partial charge in [0.1, 0.15) is 0 Å². The summed E-state index contributed by atoms with van der Waals surface area (Å²) in [7, 11) is -3.93. The second kappa shape index (κ2) is 7.53. The summed E-state index contributed by atoms with van der Waals surface area (Å²) in [5.74, 6) is 1.21. The highest BCUT2D eigenvalue weighted by Gasteiger charge is 2.37. The van der Waals surface area contributed by atoms with E-state index >= 15 is 0 Å². The van der Waals surface area contributed by atoms with Crippen molar-refractivity contribution in [1.82, 2.24) is 4.31 Å². The number of nitrogens with zero attached hydrogens (tertiary/aromatic N) is 1. The van der Waals surface area contributed by atoms with Crippen LogP contribution in [-0.4, -0.2) is 32.5 Å². The molecule has 1 saturated heterocycles. The third-order valence-electron chi connectivity index (χ3n) is 5.15. The van der Waals surface area contributed by atoms with Gasteiger partial charge in [0.05, 0.1) is 29.7 Å². The molecular formula is C20H20F3NO4S. The van der Waals surface area contributed by atoms with Gasteiger partial charge in [-0.1, -0.05) is 6.07 Å². The number of hydrogen-bond acceptors (Lipinski definition) is 4. The monoisotopic (exact) mass is 427 g/mol. The lowest BCUT2D eigenvalue weighted by Crippen LogP contribution is -2.30. The van der Waals surface area contributed by atoms with Gasteiger partial charge in [-0.25, -0.2) is 8.42 Å². The minimum atomic E-state index is -4.51. The molecule has 0 unspecified atom stereocenters. The molecule has 0 N–H and O–H groups in total. The van der Waals surface area contributed by atoms with Gasteiger partial charge < -0.3 is 9.47 Å². The lowest BCUT2D eigenvalue weighted by molar-refractivity contribution is -0.137. The van der Waals surface area contributed by atoms with Crippen LogP contribution >= 0.6 is 0 Å². The van der Waals surface area contributed by atoms with Crippen LogP contribution in [0.3, 0.4) is 0 Å². The van der Waals surface area contributed by atoms with E-state index < -0.39 is 27.8 Å². The highest BCUT2D eigenvalue weighted by atomic mass is 32.2. The molecule has 2 aliphatic rings. The number of hydrogen-bond donors (Lipinski definition) is 0. The van der Waals surface area contributed by atoms with Gasteiger partial charge in [0.25, 0.3) is 0 Å². The summed E-state index contributed by atoms with van der Waals surface area (Å²) in [6.07, 6.45) is -2.46. The molecule has 5 nitrogen and oxygen atoms in total. The summed E-state index contributed by atoms with van der Waals surface area (Å²) in [5, 5.41) is 0. The maximum Gasteiger partial charge on any atom is 0.416 e. The maximum absolute atomic E-state index is 13.1. The average Bonchev–Trinajstić information content (AvgIpc) is 3.07. The molecule has 0 radical (unpaired) electrons. The van der Waals surface area contributed by atoms with E-state index in [0.717, 1.165) is 36.2 Å². The fourth-order valence-electron chi connectivity index (χ4n) is 3.70. The van der Waals surface area contributed by atoms with Crippen LogP contribution in [0.2, 0.25) is 0 Å².